The van der Waals surface area contributed by atoms with Gasteiger partial charge >= 0.3 is 0 Å². The molecule has 0 aromatic rings. The van der Waals surface area contributed by atoms with Crippen LogP contribution in [0, 0.1) is 5.92 Å². The van der Waals surface area contributed by atoms with Crippen molar-refractivity contribution in [3.05, 3.63) is 0 Å². The first-order valence-corrected chi connectivity index (χ1v) is 8.32. The van der Waals surface area contributed by atoms with Gasteiger partial charge in [-0.05, 0) is 38.1 Å². The first-order chi connectivity index (χ1) is 8.72. The highest BCUT2D eigenvalue weighted by molar-refractivity contribution is 8.14. The molecule has 4 heteroatoms. The van der Waals surface area contributed by atoms with Gasteiger partial charge in [0, 0.05) is 23.9 Å². The Kier molecular flexibility index (Phi) is 3.85. The number of hydrogen-bond acceptors (Lipinski definition) is 4. The lowest BCUT2D eigenvalue weighted by atomic mass is 10.1. The van der Waals surface area contributed by atoms with Gasteiger partial charge in [0.15, 0.2) is 5.17 Å². The van der Waals surface area contributed by atoms with Crippen LogP contribution < -0.4 is 5.32 Å². The van der Waals surface area contributed by atoms with E-state index in [0.29, 0.717) is 11.3 Å². The Bertz CT molecular complexity index is 329. The summed E-state index contributed by atoms with van der Waals surface area (Å²) >= 11 is 1.98. The van der Waals surface area contributed by atoms with E-state index in [4.69, 9.17) is 4.99 Å². The van der Waals surface area contributed by atoms with Gasteiger partial charge < -0.3 is 5.32 Å². The van der Waals surface area contributed by atoms with Crippen LogP contribution in [0.5, 0.6) is 0 Å². The lowest BCUT2D eigenvalue weighted by molar-refractivity contribution is 0.308. The molecule has 0 radical (unpaired) electrons. The van der Waals surface area contributed by atoms with E-state index >= 15 is 0 Å². The Balaban J connectivity index is 1.49. The quantitative estimate of drug-likeness (QED) is 0.850. The number of amidine groups is 1. The van der Waals surface area contributed by atoms with Crippen molar-refractivity contribution < 1.29 is 0 Å². The van der Waals surface area contributed by atoms with Crippen molar-refractivity contribution in [3.8, 4) is 0 Å². The van der Waals surface area contributed by atoms with Crippen molar-refractivity contribution in [3.63, 3.8) is 0 Å². The monoisotopic (exact) mass is 267 g/mol. The Morgan fingerprint density at radius 1 is 1.39 bits per heavy atom. The molecule has 0 aromatic heterocycles. The maximum Gasteiger partial charge on any atom is 0.157 e. The largest absolute Gasteiger partial charge is 0.361 e. The number of hydrogen-bond donors (Lipinski definition) is 1. The fourth-order valence-electron chi connectivity index (χ4n) is 3.55. The minimum absolute atomic E-state index is 0.663. The molecule has 0 aliphatic carbocycles. The number of aliphatic imine (C=N–C) groups is 1. The summed E-state index contributed by atoms with van der Waals surface area (Å²) in [4.78, 5) is 7.35. The Hall–Kier alpha value is -0.220. The number of nitrogens with zero attached hydrogens (tertiary/aromatic N) is 2. The van der Waals surface area contributed by atoms with Gasteiger partial charge in [-0.1, -0.05) is 25.6 Å². The molecule has 3 aliphatic rings. The highest BCUT2D eigenvalue weighted by Crippen LogP contribution is 2.30. The predicted molar refractivity (Wildman–Crippen MR) is 79.3 cm³/mol. The zero-order valence-electron chi connectivity index (χ0n) is 11.6. The zero-order chi connectivity index (χ0) is 12.5. The molecule has 3 aliphatic heterocycles. The first-order valence-electron chi connectivity index (χ1n) is 7.44. The molecule has 3 nitrogen and oxygen atoms in total. The van der Waals surface area contributed by atoms with Crippen LogP contribution >= 0.6 is 11.8 Å². The molecule has 102 valence electrons. The standard InChI is InChI=1S/C14H25N3S/c1-10(2)8-11-9-15-14(18-11)16-12-5-7-17-6-3-4-13(12)17/h10-13H,3-9H2,1-2H3,(H,15,16). The highest BCUT2D eigenvalue weighted by atomic mass is 32.2. The third kappa shape index (κ3) is 2.69. The summed E-state index contributed by atoms with van der Waals surface area (Å²) in [5.74, 6) is 0.786. The molecule has 3 unspecified atom stereocenters. The minimum Gasteiger partial charge on any atom is -0.361 e. The molecule has 0 aromatic carbocycles. The van der Waals surface area contributed by atoms with Crippen molar-refractivity contribution in [1.82, 2.24) is 10.2 Å². The molecular formula is C14H25N3S. The van der Waals surface area contributed by atoms with Crippen molar-refractivity contribution >= 4 is 16.9 Å². The van der Waals surface area contributed by atoms with E-state index in [1.807, 2.05) is 11.8 Å². The third-order valence-corrected chi connectivity index (χ3v) is 5.51. The maximum absolute atomic E-state index is 4.70. The molecule has 0 spiro atoms. The fraction of sp³-hybridized carbons (Fsp3) is 0.929. The van der Waals surface area contributed by atoms with Gasteiger partial charge in [0.05, 0.1) is 6.54 Å². The Morgan fingerprint density at radius 3 is 3.11 bits per heavy atom. The number of thioether (sulfide) groups is 1. The first kappa shape index (κ1) is 12.8. The summed E-state index contributed by atoms with van der Waals surface area (Å²) in [6.07, 6.45) is 5.36. The topological polar surface area (TPSA) is 27.6 Å². The highest BCUT2D eigenvalue weighted by Gasteiger charge is 2.38. The summed E-state index contributed by atoms with van der Waals surface area (Å²) in [5, 5.41) is 5.66. The van der Waals surface area contributed by atoms with Gasteiger partial charge in [0.1, 0.15) is 0 Å². The number of fused-ring (bicyclic) bond motifs is 1. The Morgan fingerprint density at radius 2 is 2.28 bits per heavy atom. The van der Waals surface area contributed by atoms with E-state index in [-0.39, 0.29) is 0 Å². The second kappa shape index (κ2) is 5.41. The molecule has 0 bridgehead atoms. The molecule has 2 fully saturated rings. The minimum atomic E-state index is 0.663. The summed E-state index contributed by atoms with van der Waals surface area (Å²) in [5.41, 5.74) is 0. The number of nitrogens with one attached hydrogen (secondary N) is 1. The van der Waals surface area contributed by atoms with Gasteiger partial charge in [-0.2, -0.15) is 0 Å². The van der Waals surface area contributed by atoms with Crippen LogP contribution in [0.1, 0.15) is 39.5 Å². The summed E-state index contributed by atoms with van der Waals surface area (Å²) in [7, 11) is 0. The van der Waals surface area contributed by atoms with E-state index in [1.165, 1.54) is 43.9 Å². The molecule has 3 heterocycles. The van der Waals surface area contributed by atoms with E-state index in [1.54, 1.807) is 0 Å². The van der Waals surface area contributed by atoms with Crippen LogP contribution in [0.15, 0.2) is 4.99 Å². The second-order valence-electron chi connectivity index (χ2n) is 6.30. The molecule has 0 amide bonds. The van der Waals surface area contributed by atoms with E-state index in [0.717, 1.165) is 18.5 Å². The van der Waals surface area contributed by atoms with E-state index in [2.05, 4.69) is 24.1 Å². The molecular weight excluding hydrogens is 242 g/mol. The van der Waals surface area contributed by atoms with Crippen LogP contribution in [-0.4, -0.2) is 47.0 Å². The summed E-state index contributed by atoms with van der Waals surface area (Å²) in [6.45, 7) is 8.24. The van der Waals surface area contributed by atoms with Gasteiger partial charge in [-0.3, -0.25) is 9.89 Å². The molecule has 3 atom stereocenters. The average molecular weight is 267 g/mol. The normalized spacial score (nSPS) is 36.2. The number of rotatable bonds is 3. The van der Waals surface area contributed by atoms with Crippen LogP contribution in [0.2, 0.25) is 0 Å². The zero-order valence-corrected chi connectivity index (χ0v) is 12.4. The van der Waals surface area contributed by atoms with Crippen LogP contribution in [0.3, 0.4) is 0 Å². The average Bonchev–Trinajstić information content (AvgIpc) is 2.96. The van der Waals surface area contributed by atoms with Gasteiger partial charge in [0.25, 0.3) is 0 Å². The molecule has 18 heavy (non-hydrogen) atoms. The van der Waals surface area contributed by atoms with Crippen LogP contribution in [-0.2, 0) is 0 Å². The summed E-state index contributed by atoms with van der Waals surface area (Å²) in [6, 6.07) is 1.45. The fourth-order valence-corrected chi connectivity index (χ4v) is 4.87. The predicted octanol–water partition coefficient (Wildman–Crippen LogP) is 2.33. The maximum atomic E-state index is 4.70. The van der Waals surface area contributed by atoms with Gasteiger partial charge in [-0.15, -0.1) is 0 Å². The van der Waals surface area contributed by atoms with Crippen molar-refractivity contribution in [2.45, 2.75) is 56.9 Å². The third-order valence-electron chi connectivity index (χ3n) is 4.37. The smallest absolute Gasteiger partial charge is 0.157 e. The molecule has 2 saturated heterocycles. The van der Waals surface area contributed by atoms with Crippen molar-refractivity contribution in [1.29, 1.82) is 0 Å². The lowest BCUT2D eigenvalue weighted by Crippen LogP contribution is -2.41. The van der Waals surface area contributed by atoms with Gasteiger partial charge in [-0.25, -0.2) is 0 Å². The molecule has 0 saturated carbocycles. The van der Waals surface area contributed by atoms with Crippen molar-refractivity contribution in [2.75, 3.05) is 19.6 Å². The SMILES string of the molecule is CC(C)CC1CN=C(NC2CCN3CCCC23)S1. The molecule has 3 rings (SSSR count). The van der Waals surface area contributed by atoms with E-state index < -0.39 is 0 Å². The Labute approximate surface area is 115 Å². The lowest BCUT2D eigenvalue weighted by Gasteiger charge is -2.22. The summed E-state index contributed by atoms with van der Waals surface area (Å²) < 4.78 is 0. The van der Waals surface area contributed by atoms with E-state index in [9.17, 15) is 0 Å². The van der Waals surface area contributed by atoms with Crippen LogP contribution in [0.25, 0.3) is 0 Å². The molecule has 1 N–H and O–H groups in total. The van der Waals surface area contributed by atoms with Crippen molar-refractivity contribution in [2.24, 2.45) is 10.9 Å². The van der Waals surface area contributed by atoms with Gasteiger partial charge in [0.2, 0.25) is 0 Å². The second-order valence-corrected chi connectivity index (χ2v) is 7.59. The van der Waals surface area contributed by atoms with Crippen LogP contribution in [0.4, 0.5) is 0 Å².